The molecule has 1 aliphatic heterocycles. The van der Waals surface area contributed by atoms with Crippen molar-refractivity contribution < 1.29 is 34.2 Å². The number of carbonyl (C=O) groups is 5. The molecule has 2 rings (SSSR count). The zero-order valence-electron chi connectivity index (χ0n) is 17.8. The molecule has 0 saturated carbocycles. The second kappa shape index (κ2) is 12.2. The van der Waals surface area contributed by atoms with Crippen molar-refractivity contribution in [2.75, 3.05) is 12.3 Å². The van der Waals surface area contributed by atoms with Gasteiger partial charge in [-0.2, -0.15) is 12.6 Å². The second-order valence-corrected chi connectivity index (χ2v) is 8.09. The third-order valence-electron chi connectivity index (χ3n) is 5.26. The molecule has 0 radical (unpaired) electrons. The Morgan fingerprint density at radius 1 is 1.09 bits per heavy atom. The first-order valence-corrected chi connectivity index (χ1v) is 11.0. The van der Waals surface area contributed by atoms with Crippen LogP contribution in [0.5, 0.6) is 0 Å². The molecule has 4 unspecified atom stereocenters. The van der Waals surface area contributed by atoms with Crippen molar-refractivity contribution in [1.29, 1.82) is 0 Å². The summed E-state index contributed by atoms with van der Waals surface area (Å²) in [5.41, 5.74) is 6.27. The summed E-state index contributed by atoms with van der Waals surface area (Å²) in [6, 6.07) is 4.30. The SMILES string of the molecule is NC(CC(=O)O)C(=O)NC(CS)C(=O)N1CCCC1C(=O)NC(Cc1ccccc1)C(=O)O. The van der Waals surface area contributed by atoms with E-state index >= 15 is 0 Å². The number of amides is 3. The summed E-state index contributed by atoms with van der Waals surface area (Å²) in [6.45, 7) is 0.245. The largest absolute Gasteiger partial charge is 0.481 e. The number of hydrogen-bond acceptors (Lipinski definition) is 7. The topological polar surface area (TPSA) is 179 Å². The van der Waals surface area contributed by atoms with Gasteiger partial charge < -0.3 is 31.5 Å². The average molecular weight is 481 g/mol. The number of carboxylic acids is 2. The van der Waals surface area contributed by atoms with Crippen molar-refractivity contribution in [3.8, 4) is 0 Å². The highest BCUT2D eigenvalue weighted by Gasteiger charge is 2.38. The summed E-state index contributed by atoms with van der Waals surface area (Å²) >= 11 is 4.08. The van der Waals surface area contributed by atoms with Crippen LogP contribution in [0.2, 0.25) is 0 Å². The summed E-state index contributed by atoms with van der Waals surface area (Å²) in [7, 11) is 0. The van der Waals surface area contributed by atoms with Gasteiger partial charge in [0.05, 0.1) is 12.5 Å². The third-order valence-corrected chi connectivity index (χ3v) is 5.63. The van der Waals surface area contributed by atoms with Crippen molar-refractivity contribution in [2.45, 2.75) is 49.9 Å². The minimum absolute atomic E-state index is 0.0827. The molecule has 1 fully saturated rings. The lowest BCUT2D eigenvalue weighted by Gasteiger charge is -2.29. The molecule has 0 aliphatic carbocycles. The molecule has 180 valence electrons. The number of likely N-dealkylation sites (tertiary alicyclic amines) is 1. The van der Waals surface area contributed by atoms with Crippen LogP contribution in [-0.4, -0.2) is 81.2 Å². The first-order chi connectivity index (χ1) is 15.6. The lowest BCUT2D eigenvalue weighted by molar-refractivity contribution is -0.144. The van der Waals surface area contributed by atoms with E-state index in [9.17, 15) is 29.1 Å². The van der Waals surface area contributed by atoms with E-state index in [0.717, 1.165) is 5.56 Å². The number of nitrogens with zero attached hydrogens (tertiary/aromatic N) is 1. The van der Waals surface area contributed by atoms with Crippen molar-refractivity contribution in [1.82, 2.24) is 15.5 Å². The molecule has 1 aromatic rings. The van der Waals surface area contributed by atoms with Crippen molar-refractivity contribution in [3.63, 3.8) is 0 Å². The molecule has 6 N–H and O–H groups in total. The Morgan fingerprint density at radius 2 is 1.76 bits per heavy atom. The Hall–Kier alpha value is -3.12. The van der Waals surface area contributed by atoms with Crippen LogP contribution in [0.1, 0.15) is 24.8 Å². The molecule has 1 heterocycles. The Kier molecular flexibility index (Phi) is 9.67. The van der Waals surface area contributed by atoms with E-state index < -0.39 is 60.2 Å². The quantitative estimate of drug-likeness (QED) is 0.218. The highest BCUT2D eigenvalue weighted by molar-refractivity contribution is 7.80. The van der Waals surface area contributed by atoms with Gasteiger partial charge in [0.1, 0.15) is 18.1 Å². The number of hydrogen-bond donors (Lipinski definition) is 6. The fraction of sp³-hybridized carbons (Fsp3) is 0.476. The lowest BCUT2D eigenvalue weighted by atomic mass is 10.1. The first kappa shape index (κ1) is 26.1. The second-order valence-electron chi connectivity index (χ2n) is 7.73. The summed E-state index contributed by atoms with van der Waals surface area (Å²) in [6.07, 6.45) is 0.332. The van der Waals surface area contributed by atoms with Crippen LogP contribution < -0.4 is 16.4 Å². The van der Waals surface area contributed by atoms with Gasteiger partial charge in [-0.25, -0.2) is 4.79 Å². The monoisotopic (exact) mass is 480 g/mol. The molecule has 11 nitrogen and oxygen atoms in total. The molecule has 3 amide bonds. The van der Waals surface area contributed by atoms with Crippen molar-refractivity contribution in [2.24, 2.45) is 5.73 Å². The number of nitrogens with two attached hydrogens (primary N) is 1. The van der Waals surface area contributed by atoms with Gasteiger partial charge in [0.2, 0.25) is 17.7 Å². The van der Waals surface area contributed by atoms with Gasteiger partial charge in [-0.15, -0.1) is 0 Å². The predicted molar refractivity (Wildman–Crippen MR) is 120 cm³/mol. The Morgan fingerprint density at radius 3 is 2.33 bits per heavy atom. The third kappa shape index (κ3) is 7.46. The number of carbonyl (C=O) groups excluding carboxylic acids is 3. The smallest absolute Gasteiger partial charge is 0.326 e. The van der Waals surface area contributed by atoms with Gasteiger partial charge in [-0.05, 0) is 18.4 Å². The van der Waals surface area contributed by atoms with Crippen LogP contribution in [-0.2, 0) is 30.4 Å². The molecular weight excluding hydrogens is 452 g/mol. The van der Waals surface area contributed by atoms with E-state index in [1.165, 1.54) is 4.90 Å². The number of rotatable bonds is 11. The van der Waals surface area contributed by atoms with Crippen molar-refractivity contribution >= 4 is 42.3 Å². The van der Waals surface area contributed by atoms with E-state index in [0.29, 0.717) is 12.8 Å². The van der Waals surface area contributed by atoms with E-state index in [2.05, 4.69) is 23.3 Å². The van der Waals surface area contributed by atoms with Gasteiger partial charge in [0.15, 0.2) is 0 Å². The minimum Gasteiger partial charge on any atom is -0.481 e. The van der Waals surface area contributed by atoms with Crippen molar-refractivity contribution in [3.05, 3.63) is 35.9 Å². The lowest BCUT2D eigenvalue weighted by Crippen LogP contribution is -2.57. The van der Waals surface area contributed by atoms with E-state index in [1.807, 2.05) is 0 Å². The Bertz CT molecular complexity index is 883. The maximum absolute atomic E-state index is 13.0. The van der Waals surface area contributed by atoms with Crippen LogP contribution in [0, 0.1) is 0 Å². The molecule has 12 heteroatoms. The zero-order valence-corrected chi connectivity index (χ0v) is 18.7. The molecular formula is C21H28N4O7S. The van der Waals surface area contributed by atoms with E-state index in [1.54, 1.807) is 30.3 Å². The first-order valence-electron chi connectivity index (χ1n) is 10.4. The van der Waals surface area contributed by atoms with Crippen LogP contribution >= 0.6 is 12.6 Å². The normalized spacial score (nSPS) is 18.1. The average Bonchev–Trinajstić information content (AvgIpc) is 3.26. The number of benzene rings is 1. The number of thiol groups is 1. The molecule has 1 aliphatic rings. The zero-order chi connectivity index (χ0) is 24.5. The maximum Gasteiger partial charge on any atom is 0.326 e. The summed E-state index contributed by atoms with van der Waals surface area (Å²) in [4.78, 5) is 61.7. The Balaban J connectivity index is 2.05. The number of carboxylic acid groups (broad SMARTS) is 2. The van der Waals surface area contributed by atoms with Gasteiger partial charge in [-0.1, -0.05) is 30.3 Å². The van der Waals surface area contributed by atoms with Crippen LogP contribution in [0.4, 0.5) is 0 Å². The number of nitrogens with one attached hydrogen (secondary N) is 2. The maximum atomic E-state index is 13.0. The van der Waals surface area contributed by atoms with Crippen LogP contribution in [0.25, 0.3) is 0 Å². The molecule has 1 saturated heterocycles. The van der Waals surface area contributed by atoms with Gasteiger partial charge >= 0.3 is 11.9 Å². The van der Waals surface area contributed by atoms with Gasteiger partial charge in [0, 0.05) is 18.7 Å². The molecule has 0 aromatic heterocycles. The summed E-state index contributed by atoms with van der Waals surface area (Å²) in [5.74, 6) is -4.55. The molecule has 0 bridgehead atoms. The van der Waals surface area contributed by atoms with E-state index in [4.69, 9.17) is 10.8 Å². The summed E-state index contributed by atoms with van der Waals surface area (Å²) in [5, 5.41) is 23.2. The highest BCUT2D eigenvalue weighted by Crippen LogP contribution is 2.19. The molecule has 1 aromatic carbocycles. The van der Waals surface area contributed by atoms with Gasteiger partial charge in [-0.3, -0.25) is 19.2 Å². The fourth-order valence-corrected chi connectivity index (χ4v) is 3.81. The van der Waals surface area contributed by atoms with Crippen LogP contribution in [0.15, 0.2) is 30.3 Å². The molecule has 0 spiro atoms. The van der Waals surface area contributed by atoms with Crippen LogP contribution in [0.3, 0.4) is 0 Å². The van der Waals surface area contributed by atoms with E-state index in [-0.39, 0.29) is 18.7 Å². The fourth-order valence-electron chi connectivity index (χ4n) is 3.57. The standard InChI is InChI=1S/C21H28N4O7S/c22-13(10-17(26)27)18(28)24-15(11-33)20(30)25-8-4-7-16(25)19(29)23-14(21(31)32)9-12-5-2-1-3-6-12/h1-3,5-6,13-16,33H,4,7-11,22H2,(H,23,29)(H,24,28)(H,26,27)(H,31,32). The molecule has 4 atom stereocenters. The Labute approximate surface area is 196 Å². The number of aliphatic carboxylic acids is 2. The predicted octanol–water partition coefficient (Wildman–Crippen LogP) is -0.994. The molecule has 33 heavy (non-hydrogen) atoms. The highest BCUT2D eigenvalue weighted by atomic mass is 32.1. The summed E-state index contributed by atoms with van der Waals surface area (Å²) < 4.78 is 0. The van der Waals surface area contributed by atoms with Gasteiger partial charge in [0.25, 0.3) is 0 Å². The minimum atomic E-state index is -1.34.